The van der Waals surface area contributed by atoms with Crippen molar-refractivity contribution in [1.82, 2.24) is 5.32 Å². The van der Waals surface area contributed by atoms with Crippen molar-refractivity contribution < 1.29 is 19.1 Å². The maximum Gasteiger partial charge on any atom is 0.337 e. The van der Waals surface area contributed by atoms with E-state index >= 15 is 0 Å². The molecule has 0 radical (unpaired) electrons. The number of hydrogen-bond acceptors (Lipinski definition) is 7. The first-order valence-electron chi connectivity index (χ1n) is 5.44. The van der Waals surface area contributed by atoms with E-state index in [0.717, 1.165) is 0 Å². The Morgan fingerprint density at radius 3 is 2.22 bits per heavy atom. The van der Waals surface area contributed by atoms with Crippen LogP contribution in [0, 0.1) is 5.92 Å². The maximum atomic E-state index is 11.6. The van der Waals surface area contributed by atoms with E-state index in [1.54, 1.807) is 13.8 Å². The third-order valence-corrected chi connectivity index (χ3v) is 2.54. The molecule has 2 atom stereocenters. The van der Waals surface area contributed by atoms with Gasteiger partial charge < -0.3 is 21.5 Å². The minimum absolute atomic E-state index is 0.00519. The number of rotatable bonds is 6. The quantitative estimate of drug-likeness (QED) is 0.264. The summed E-state index contributed by atoms with van der Waals surface area (Å²) in [4.78, 5) is 34.0. The summed E-state index contributed by atoms with van der Waals surface area (Å²) in [5, 5.41) is 2.28. The molecule has 0 aliphatic rings. The molecule has 0 saturated heterocycles. The van der Waals surface area contributed by atoms with Crippen molar-refractivity contribution in [3.63, 3.8) is 0 Å². The number of ether oxygens (including phenoxy) is 1. The number of nitrogens with one attached hydrogen (secondary N) is 1. The monoisotopic (exact) mass is 277 g/mol. The predicted octanol–water partition coefficient (Wildman–Crippen LogP) is -1.59. The summed E-state index contributed by atoms with van der Waals surface area (Å²) < 4.78 is 4.56. The molecule has 0 aromatic rings. The lowest BCUT2D eigenvalue weighted by atomic mass is 10.1. The van der Waals surface area contributed by atoms with Crippen LogP contribution in [0.5, 0.6) is 0 Å². The van der Waals surface area contributed by atoms with E-state index in [1.165, 1.54) is 0 Å². The number of carbonyl (C=O) groups is 3. The van der Waals surface area contributed by atoms with Crippen LogP contribution in [0.3, 0.4) is 0 Å². The Hall–Kier alpha value is -1.12. The van der Waals surface area contributed by atoms with Crippen LogP contribution in [0.25, 0.3) is 0 Å². The van der Waals surface area contributed by atoms with Crippen LogP contribution < -0.4 is 16.8 Å². The van der Waals surface area contributed by atoms with Crippen LogP contribution in [-0.4, -0.2) is 42.2 Å². The van der Waals surface area contributed by atoms with Crippen LogP contribution >= 0.6 is 12.6 Å². The molecule has 0 bridgehead atoms. The lowest BCUT2D eigenvalue weighted by Gasteiger charge is -2.17. The zero-order chi connectivity index (χ0) is 14.3. The van der Waals surface area contributed by atoms with E-state index < -0.39 is 29.9 Å². The van der Waals surface area contributed by atoms with Gasteiger partial charge in [0.05, 0.1) is 6.54 Å². The molecule has 18 heavy (non-hydrogen) atoms. The molecule has 1 unspecified atom stereocenters. The van der Waals surface area contributed by atoms with Crippen molar-refractivity contribution in [3.8, 4) is 0 Å². The summed E-state index contributed by atoms with van der Waals surface area (Å²) in [5.74, 6) is -2.42. The highest BCUT2D eigenvalue weighted by Gasteiger charge is 2.27. The maximum absolute atomic E-state index is 11.6. The van der Waals surface area contributed by atoms with Crippen LogP contribution in [0.1, 0.15) is 13.8 Å². The molecule has 7 nitrogen and oxygen atoms in total. The van der Waals surface area contributed by atoms with Crippen molar-refractivity contribution in [1.29, 1.82) is 0 Å². The van der Waals surface area contributed by atoms with Gasteiger partial charge in [-0.15, -0.1) is 0 Å². The Bertz CT molecular complexity index is 322. The minimum Gasteiger partial charge on any atom is -0.390 e. The summed E-state index contributed by atoms with van der Waals surface area (Å²) in [6.07, 6.45) is 0. The summed E-state index contributed by atoms with van der Waals surface area (Å²) in [6, 6.07) is -1.91. The van der Waals surface area contributed by atoms with Gasteiger partial charge in [0.1, 0.15) is 12.1 Å². The van der Waals surface area contributed by atoms with E-state index in [2.05, 4.69) is 22.7 Å². The number of amides is 1. The number of carbonyl (C=O) groups excluding carboxylic acids is 3. The minimum atomic E-state index is -1.02. The largest absolute Gasteiger partial charge is 0.390 e. The van der Waals surface area contributed by atoms with Gasteiger partial charge >= 0.3 is 11.9 Å². The van der Waals surface area contributed by atoms with Crippen molar-refractivity contribution in [2.75, 3.05) is 12.3 Å². The van der Waals surface area contributed by atoms with Gasteiger partial charge in [0.2, 0.25) is 5.91 Å². The first-order chi connectivity index (χ1) is 8.33. The average Bonchev–Trinajstić information content (AvgIpc) is 2.33. The van der Waals surface area contributed by atoms with E-state index in [-0.39, 0.29) is 18.2 Å². The van der Waals surface area contributed by atoms with Crippen molar-refractivity contribution in [3.05, 3.63) is 0 Å². The van der Waals surface area contributed by atoms with E-state index in [1.807, 2.05) is 0 Å². The van der Waals surface area contributed by atoms with Gasteiger partial charge in [0.15, 0.2) is 0 Å². The smallest absolute Gasteiger partial charge is 0.337 e. The third-order valence-electron chi connectivity index (χ3n) is 2.18. The average molecular weight is 277 g/mol. The van der Waals surface area contributed by atoms with Crippen LogP contribution in [0.15, 0.2) is 0 Å². The molecule has 5 N–H and O–H groups in total. The molecule has 0 aromatic heterocycles. The normalized spacial score (nSPS) is 13.9. The van der Waals surface area contributed by atoms with Gasteiger partial charge in [0, 0.05) is 5.75 Å². The van der Waals surface area contributed by atoms with Gasteiger partial charge in [0.25, 0.3) is 0 Å². The lowest BCUT2D eigenvalue weighted by Crippen LogP contribution is -2.48. The number of thiol groups is 1. The number of nitrogens with two attached hydrogens (primary N) is 2. The van der Waals surface area contributed by atoms with Crippen LogP contribution in [-0.2, 0) is 19.1 Å². The van der Waals surface area contributed by atoms with E-state index in [9.17, 15) is 14.4 Å². The first kappa shape index (κ1) is 16.9. The molecule has 0 aromatic carbocycles. The first-order valence-corrected chi connectivity index (χ1v) is 6.08. The molecule has 104 valence electrons. The van der Waals surface area contributed by atoms with Gasteiger partial charge in [-0.2, -0.15) is 12.6 Å². The van der Waals surface area contributed by atoms with Crippen molar-refractivity contribution in [2.24, 2.45) is 17.4 Å². The second-order valence-corrected chi connectivity index (χ2v) is 4.38. The van der Waals surface area contributed by atoms with Gasteiger partial charge in [-0.1, -0.05) is 13.8 Å². The predicted molar refractivity (Wildman–Crippen MR) is 68.8 cm³/mol. The van der Waals surface area contributed by atoms with Crippen molar-refractivity contribution in [2.45, 2.75) is 25.9 Å². The fourth-order valence-corrected chi connectivity index (χ4v) is 1.18. The zero-order valence-corrected chi connectivity index (χ0v) is 11.3. The van der Waals surface area contributed by atoms with Crippen LogP contribution in [0.2, 0.25) is 0 Å². The molecule has 0 fully saturated rings. The fourth-order valence-electron chi connectivity index (χ4n) is 0.943. The highest BCUT2D eigenvalue weighted by molar-refractivity contribution is 7.80. The molecule has 0 heterocycles. The SMILES string of the molecule is CC(C)C(N)C(=O)OC(=O)[C@H](CS)NC(=O)CN. The molecular formula is C10H19N3O4S. The number of hydrogen-bond donors (Lipinski definition) is 4. The summed E-state index contributed by atoms with van der Waals surface area (Å²) in [5.41, 5.74) is 10.6. The van der Waals surface area contributed by atoms with Gasteiger partial charge in [-0.3, -0.25) is 4.79 Å². The van der Waals surface area contributed by atoms with Gasteiger partial charge in [-0.05, 0) is 5.92 Å². The highest BCUT2D eigenvalue weighted by atomic mass is 32.1. The lowest BCUT2D eigenvalue weighted by molar-refractivity contribution is -0.163. The molecule has 8 heteroatoms. The molecule has 0 aliphatic carbocycles. The Morgan fingerprint density at radius 1 is 1.28 bits per heavy atom. The second-order valence-electron chi connectivity index (χ2n) is 4.02. The molecule has 0 saturated carbocycles. The Kier molecular flexibility index (Phi) is 7.56. The molecule has 0 aliphatic heterocycles. The summed E-state index contributed by atoms with van der Waals surface area (Å²) in [7, 11) is 0. The van der Waals surface area contributed by atoms with E-state index in [4.69, 9.17) is 11.5 Å². The van der Waals surface area contributed by atoms with E-state index in [0.29, 0.717) is 0 Å². The van der Waals surface area contributed by atoms with Gasteiger partial charge in [-0.25, -0.2) is 9.59 Å². The second kappa shape index (κ2) is 8.06. The Morgan fingerprint density at radius 2 is 1.83 bits per heavy atom. The zero-order valence-electron chi connectivity index (χ0n) is 10.4. The van der Waals surface area contributed by atoms with Crippen molar-refractivity contribution >= 4 is 30.5 Å². The standard InChI is InChI=1S/C10H19N3O4S/c1-5(2)8(12)10(16)17-9(15)6(4-18)13-7(14)3-11/h5-6,8,18H,3-4,11-12H2,1-2H3,(H,13,14)/t6-,8?/m0/s1. The fraction of sp³-hybridized carbons (Fsp3) is 0.700. The summed E-state index contributed by atoms with van der Waals surface area (Å²) in [6.45, 7) is 3.18. The number of esters is 2. The topological polar surface area (TPSA) is 125 Å². The molecule has 0 rings (SSSR count). The highest BCUT2D eigenvalue weighted by Crippen LogP contribution is 2.02. The molecule has 1 amide bonds. The third kappa shape index (κ3) is 5.48. The van der Waals surface area contributed by atoms with Crippen LogP contribution in [0.4, 0.5) is 0 Å². The summed E-state index contributed by atoms with van der Waals surface area (Å²) >= 11 is 3.88. The Labute approximate surface area is 111 Å². The molecule has 0 spiro atoms. The molecular weight excluding hydrogens is 258 g/mol. The Balaban J connectivity index is 4.44.